The summed E-state index contributed by atoms with van der Waals surface area (Å²) >= 11 is 7.48. The Bertz CT molecular complexity index is 1210. The zero-order chi connectivity index (χ0) is 21.1. The van der Waals surface area contributed by atoms with Gasteiger partial charge in [0.05, 0.1) is 12.1 Å². The van der Waals surface area contributed by atoms with Crippen LogP contribution in [0.1, 0.15) is 23.7 Å². The number of hydrogen-bond donors (Lipinski definition) is 1. The molecule has 0 fully saturated rings. The van der Waals surface area contributed by atoms with Gasteiger partial charge >= 0.3 is 0 Å². The molecule has 2 heterocycles. The van der Waals surface area contributed by atoms with E-state index in [4.69, 9.17) is 11.6 Å². The quantitative estimate of drug-likeness (QED) is 0.430. The number of aromatic nitrogens is 4. The van der Waals surface area contributed by atoms with Crippen LogP contribution in [0.3, 0.4) is 0 Å². The number of benzene rings is 2. The number of aryl methyl sites for hydroxylation is 1. The number of nitrogens with one attached hydrogen (secondary N) is 1. The van der Waals surface area contributed by atoms with Crippen molar-refractivity contribution < 1.29 is 4.79 Å². The van der Waals surface area contributed by atoms with E-state index in [1.54, 1.807) is 28.4 Å². The predicted octanol–water partition coefficient (Wildman–Crippen LogP) is 4.98. The second-order valence-corrected chi connectivity index (χ2v) is 8.22. The first-order valence-corrected chi connectivity index (χ1v) is 10.7. The maximum absolute atomic E-state index is 12.6. The normalized spacial score (nSPS) is 11.0. The summed E-state index contributed by atoms with van der Waals surface area (Å²) < 4.78 is 1.75. The summed E-state index contributed by atoms with van der Waals surface area (Å²) in [6.45, 7) is 4.08. The van der Waals surface area contributed by atoms with Gasteiger partial charge in [0.25, 0.3) is 5.78 Å². The minimum Gasteiger partial charge on any atom is -0.325 e. The standard InChI is InChI=1S/C22H20ClN5OS/c1-3-17-14(2)26-22-24-13-25-28(22)21(17)30-19-7-5-4-6-18(19)27-20(29)12-15-8-10-16(23)11-9-15/h4-11,13H,3,12H2,1-2H3,(H,27,29). The molecule has 6 nitrogen and oxygen atoms in total. The predicted molar refractivity (Wildman–Crippen MR) is 119 cm³/mol. The monoisotopic (exact) mass is 437 g/mol. The molecule has 0 saturated heterocycles. The molecule has 0 aliphatic rings. The molecule has 1 N–H and O–H groups in total. The Morgan fingerprint density at radius 1 is 1.17 bits per heavy atom. The summed E-state index contributed by atoms with van der Waals surface area (Å²) in [4.78, 5) is 22.3. The number of anilines is 1. The van der Waals surface area contributed by atoms with Crippen molar-refractivity contribution in [2.24, 2.45) is 0 Å². The molecule has 0 spiro atoms. The molecule has 2 aromatic heterocycles. The van der Waals surface area contributed by atoms with Crippen LogP contribution in [0.15, 0.2) is 64.8 Å². The van der Waals surface area contributed by atoms with Crippen molar-refractivity contribution in [2.75, 3.05) is 5.32 Å². The van der Waals surface area contributed by atoms with Crippen molar-refractivity contribution in [2.45, 2.75) is 36.6 Å². The topological polar surface area (TPSA) is 72.2 Å². The number of para-hydroxylation sites is 1. The van der Waals surface area contributed by atoms with Gasteiger partial charge in [0.2, 0.25) is 5.91 Å². The number of fused-ring (bicyclic) bond motifs is 1. The average molecular weight is 438 g/mol. The lowest BCUT2D eigenvalue weighted by Crippen LogP contribution is -2.15. The fourth-order valence-corrected chi connectivity index (χ4v) is 4.55. The van der Waals surface area contributed by atoms with Crippen LogP contribution in [0.4, 0.5) is 5.69 Å². The highest BCUT2D eigenvalue weighted by atomic mass is 35.5. The van der Waals surface area contributed by atoms with Crippen molar-refractivity contribution in [3.63, 3.8) is 0 Å². The molecular weight excluding hydrogens is 418 g/mol. The highest BCUT2D eigenvalue weighted by molar-refractivity contribution is 7.99. The van der Waals surface area contributed by atoms with Crippen molar-refractivity contribution in [3.8, 4) is 0 Å². The first kappa shape index (κ1) is 20.4. The third-order valence-electron chi connectivity index (χ3n) is 4.68. The summed E-state index contributed by atoms with van der Waals surface area (Å²) in [5.74, 6) is 0.481. The molecular formula is C22H20ClN5OS. The molecule has 0 aliphatic heterocycles. The number of carbonyl (C=O) groups excluding carboxylic acids is 1. The first-order valence-electron chi connectivity index (χ1n) is 9.55. The number of carbonyl (C=O) groups is 1. The Balaban J connectivity index is 1.61. The van der Waals surface area contributed by atoms with Gasteiger partial charge in [-0.25, -0.2) is 4.98 Å². The minimum atomic E-state index is -0.0853. The molecule has 8 heteroatoms. The Morgan fingerprint density at radius 2 is 1.93 bits per heavy atom. The van der Waals surface area contributed by atoms with E-state index < -0.39 is 0 Å². The third kappa shape index (κ3) is 4.32. The first-order chi connectivity index (χ1) is 14.5. The highest BCUT2D eigenvalue weighted by Gasteiger charge is 2.17. The number of halogens is 1. The molecule has 4 rings (SSSR count). The van der Waals surface area contributed by atoms with Crippen molar-refractivity contribution in [1.82, 2.24) is 19.6 Å². The highest BCUT2D eigenvalue weighted by Crippen LogP contribution is 2.36. The fraction of sp³-hybridized carbons (Fsp3) is 0.182. The van der Waals surface area contributed by atoms with Gasteiger partial charge in [-0.1, -0.05) is 54.6 Å². The van der Waals surface area contributed by atoms with Crippen LogP contribution in [-0.2, 0) is 17.6 Å². The fourth-order valence-electron chi connectivity index (χ4n) is 3.21. The Hall–Kier alpha value is -2.90. The number of rotatable bonds is 6. The van der Waals surface area contributed by atoms with E-state index in [-0.39, 0.29) is 12.3 Å². The molecule has 0 atom stereocenters. The zero-order valence-corrected chi connectivity index (χ0v) is 18.2. The van der Waals surface area contributed by atoms with Crippen LogP contribution in [-0.4, -0.2) is 25.5 Å². The maximum atomic E-state index is 12.6. The molecule has 0 unspecified atom stereocenters. The molecule has 152 valence electrons. The second-order valence-electron chi connectivity index (χ2n) is 6.76. The van der Waals surface area contributed by atoms with Gasteiger partial charge < -0.3 is 5.32 Å². The van der Waals surface area contributed by atoms with Crippen molar-refractivity contribution in [3.05, 3.63) is 76.7 Å². The van der Waals surface area contributed by atoms with Gasteiger partial charge in [0, 0.05) is 21.2 Å². The van der Waals surface area contributed by atoms with Gasteiger partial charge in [0.1, 0.15) is 11.4 Å². The Morgan fingerprint density at radius 3 is 2.70 bits per heavy atom. The third-order valence-corrected chi connectivity index (χ3v) is 6.12. The zero-order valence-electron chi connectivity index (χ0n) is 16.6. The minimum absolute atomic E-state index is 0.0853. The van der Waals surface area contributed by atoms with Gasteiger partial charge in [-0.2, -0.15) is 14.6 Å². The van der Waals surface area contributed by atoms with Crippen LogP contribution in [0.25, 0.3) is 5.78 Å². The van der Waals surface area contributed by atoms with Gasteiger partial charge in [-0.05, 0) is 43.2 Å². The van der Waals surface area contributed by atoms with E-state index in [0.717, 1.165) is 38.9 Å². The molecule has 1 amide bonds. The Labute approximate surface area is 183 Å². The van der Waals surface area contributed by atoms with E-state index in [1.165, 1.54) is 6.33 Å². The largest absolute Gasteiger partial charge is 0.325 e. The summed E-state index contributed by atoms with van der Waals surface area (Å²) in [7, 11) is 0. The van der Waals surface area contributed by atoms with Crippen LogP contribution in [0, 0.1) is 6.92 Å². The SMILES string of the molecule is CCc1c(C)nc2ncnn2c1Sc1ccccc1NC(=O)Cc1ccc(Cl)cc1. The molecule has 0 aliphatic carbocycles. The molecule has 0 saturated carbocycles. The van der Waals surface area contributed by atoms with Crippen molar-refractivity contribution >= 4 is 40.7 Å². The maximum Gasteiger partial charge on any atom is 0.253 e. The molecule has 4 aromatic rings. The van der Waals surface area contributed by atoms with Crippen molar-refractivity contribution in [1.29, 1.82) is 0 Å². The van der Waals surface area contributed by atoms with E-state index in [0.29, 0.717) is 10.8 Å². The summed E-state index contributed by atoms with van der Waals surface area (Å²) in [6.07, 6.45) is 2.60. The number of amides is 1. The molecule has 0 radical (unpaired) electrons. The number of nitrogens with zero attached hydrogens (tertiary/aromatic N) is 4. The van der Waals surface area contributed by atoms with Gasteiger partial charge in [-0.15, -0.1) is 0 Å². The van der Waals surface area contributed by atoms with Gasteiger partial charge in [0.15, 0.2) is 0 Å². The lowest BCUT2D eigenvalue weighted by molar-refractivity contribution is -0.115. The smallest absolute Gasteiger partial charge is 0.253 e. The Kier molecular flexibility index (Phi) is 6.01. The van der Waals surface area contributed by atoms with Crippen LogP contribution >= 0.6 is 23.4 Å². The van der Waals surface area contributed by atoms with Gasteiger partial charge in [-0.3, -0.25) is 4.79 Å². The lowest BCUT2D eigenvalue weighted by atomic mass is 10.1. The number of hydrogen-bond acceptors (Lipinski definition) is 5. The van der Waals surface area contributed by atoms with E-state index in [1.807, 2.05) is 43.3 Å². The van der Waals surface area contributed by atoms with E-state index in [2.05, 4.69) is 27.3 Å². The van der Waals surface area contributed by atoms with Crippen LogP contribution in [0.2, 0.25) is 5.02 Å². The molecule has 0 bridgehead atoms. The van der Waals surface area contributed by atoms with E-state index >= 15 is 0 Å². The van der Waals surface area contributed by atoms with E-state index in [9.17, 15) is 4.79 Å². The molecule has 2 aromatic carbocycles. The lowest BCUT2D eigenvalue weighted by Gasteiger charge is -2.14. The second kappa shape index (κ2) is 8.85. The summed E-state index contributed by atoms with van der Waals surface area (Å²) in [5, 5.41) is 8.98. The summed E-state index contributed by atoms with van der Waals surface area (Å²) in [6, 6.07) is 15.0. The average Bonchev–Trinajstić information content (AvgIpc) is 3.19. The van der Waals surface area contributed by atoms with Crippen LogP contribution in [0.5, 0.6) is 0 Å². The summed E-state index contributed by atoms with van der Waals surface area (Å²) in [5.41, 5.74) is 3.71. The van der Waals surface area contributed by atoms with Crippen LogP contribution < -0.4 is 5.32 Å². The molecule has 30 heavy (non-hydrogen) atoms.